The van der Waals surface area contributed by atoms with Gasteiger partial charge in [-0.05, 0) is 12.8 Å². The summed E-state index contributed by atoms with van der Waals surface area (Å²) in [6, 6.07) is 11.7. The molecule has 3 rings (SSSR count). The fraction of sp³-hybridized carbons (Fsp3) is 0.471. The van der Waals surface area contributed by atoms with Gasteiger partial charge < -0.3 is 10.2 Å². The topological polar surface area (TPSA) is 28.2 Å². The molecule has 0 unspecified atom stereocenters. The number of hydrogen-bond donors (Lipinski definition) is 1. The van der Waals surface area contributed by atoms with E-state index in [1.54, 1.807) is 0 Å². The molecule has 0 saturated heterocycles. The second-order valence-electron chi connectivity index (χ2n) is 6.01. The van der Waals surface area contributed by atoms with Crippen molar-refractivity contribution in [3.63, 3.8) is 0 Å². The molecule has 1 heterocycles. The van der Waals surface area contributed by atoms with Crippen molar-refractivity contribution in [1.82, 2.24) is 10.3 Å². The zero-order valence-corrected chi connectivity index (χ0v) is 13.8. The number of rotatable bonds is 6. The van der Waals surface area contributed by atoms with Crippen molar-refractivity contribution in [2.24, 2.45) is 0 Å². The highest BCUT2D eigenvalue weighted by molar-refractivity contribution is 7.16. The summed E-state index contributed by atoms with van der Waals surface area (Å²) in [5.41, 5.74) is 2.35. The molecule has 0 radical (unpaired) electrons. The molecule has 21 heavy (non-hydrogen) atoms. The smallest absolute Gasteiger partial charge is 0.186 e. The molecular formula is C17H23N3S. The molecule has 1 aromatic carbocycles. The van der Waals surface area contributed by atoms with E-state index in [9.17, 15) is 0 Å². The van der Waals surface area contributed by atoms with Gasteiger partial charge in [0.2, 0.25) is 0 Å². The van der Waals surface area contributed by atoms with Gasteiger partial charge in [-0.15, -0.1) is 0 Å². The third kappa shape index (κ3) is 3.44. The van der Waals surface area contributed by atoms with E-state index in [0.29, 0.717) is 12.1 Å². The van der Waals surface area contributed by atoms with Crippen LogP contribution in [-0.2, 0) is 6.54 Å². The zero-order chi connectivity index (χ0) is 14.8. The summed E-state index contributed by atoms with van der Waals surface area (Å²) in [5, 5.41) is 4.67. The van der Waals surface area contributed by atoms with Gasteiger partial charge >= 0.3 is 0 Å². The Kier molecular flexibility index (Phi) is 4.27. The average Bonchev–Trinajstić information content (AvgIpc) is 3.25. The van der Waals surface area contributed by atoms with Gasteiger partial charge in [0, 0.05) is 36.1 Å². The summed E-state index contributed by atoms with van der Waals surface area (Å²) < 4.78 is 0. The zero-order valence-electron chi connectivity index (χ0n) is 13.0. The van der Waals surface area contributed by atoms with Gasteiger partial charge in [-0.1, -0.05) is 55.5 Å². The van der Waals surface area contributed by atoms with E-state index in [-0.39, 0.29) is 0 Å². The van der Waals surface area contributed by atoms with E-state index in [4.69, 9.17) is 4.98 Å². The van der Waals surface area contributed by atoms with Crippen LogP contribution in [0.2, 0.25) is 0 Å². The second-order valence-corrected chi connectivity index (χ2v) is 7.07. The Morgan fingerprint density at radius 1 is 1.29 bits per heavy atom. The van der Waals surface area contributed by atoms with Gasteiger partial charge in [0.15, 0.2) is 5.13 Å². The Morgan fingerprint density at radius 3 is 2.62 bits per heavy atom. The Balaban J connectivity index is 1.91. The fourth-order valence-corrected chi connectivity index (χ4v) is 3.41. The predicted molar refractivity (Wildman–Crippen MR) is 91.0 cm³/mol. The maximum atomic E-state index is 4.92. The molecule has 0 atom stereocenters. The Bertz CT molecular complexity index is 587. The molecule has 0 spiro atoms. The lowest BCUT2D eigenvalue weighted by Gasteiger charge is -2.13. The SMILES string of the molecule is CC(C)NCc1sc(N(C)C2CC2)nc1-c1ccccc1. The normalized spacial score (nSPS) is 14.7. The molecule has 0 aliphatic heterocycles. The molecule has 112 valence electrons. The number of aromatic nitrogens is 1. The van der Waals surface area contributed by atoms with E-state index < -0.39 is 0 Å². The molecule has 1 aliphatic rings. The summed E-state index contributed by atoms with van der Waals surface area (Å²) >= 11 is 1.83. The van der Waals surface area contributed by atoms with Gasteiger partial charge in [-0.25, -0.2) is 4.98 Å². The third-order valence-electron chi connectivity index (χ3n) is 3.80. The van der Waals surface area contributed by atoms with Crippen molar-refractivity contribution < 1.29 is 0 Å². The van der Waals surface area contributed by atoms with E-state index in [1.807, 2.05) is 11.3 Å². The number of nitrogens with one attached hydrogen (secondary N) is 1. The maximum absolute atomic E-state index is 4.92. The van der Waals surface area contributed by atoms with Crippen LogP contribution >= 0.6 is 11.3 Å². The van der Waals surface area contributed by atoms with Crippen LogP contribution in [0.4, 0.5) is 5.13 Å². The van der Waals surface area contributed by atoms with Gasteiger partial charge in [-0.3, -0.25) is 0 Å². The van der Waals surface area contributed by atoms with Gasteiger partial charge in [0.25, 0.3) is 0 Å². The van der Waals surface area contributed by atoms with Crippen LogP contribution in [0.5, 0.6) is 0 Å². The van der Waals surface area contributed by atoms with Crippen LogP contribution in [0.1, 0.15) is 31.6 Å². The van der Waals surface area contributed by atoms with Crippen LogP contribution in [-0.4, -0.2) is 24.1 Å². The first-order valence-corrected chi connectivity index (χ1v) is 8.48. The Labute approximate surface area is 131 Å². The predicted octanol–water partition coefficient (Wildman–Crippen LogP) is 3.91. The minimum absolute atomic E-state index is 0.486. The van der Waals surface area contributed by atoms with Crippen molar-refractivity contribution in [1.29, 1.82) is 0 Å². The first-order chi connectivity index (χ1) is 10.1. The largest absolute Gasteiger partial charge is 0.348 e. The quantitative estimate of drug-likeness (QED) is 0.877. The maximum Gasteiger partial charge on any atom is 0.186 e. The molecule has 1 saturated carbocycles. The van der Waals surface area contributed by atoms with Crippen molar-refractivity contribution in [2.45, 2.75) is 45.3 Å². The molecule has 1 aliphatic carbocycles. The standard InChI is InChI=1S/C17H23N3S/c1-12(2)18-11-15-16(13-7-5-4-6-8-13)19-17(21-15)20(3)14-9-10-14/h4-8,12,14,18H,9-11H2,1-3H3. The number of hydrogen-bond acceptors (Lipinski definition) is 4. The van der Waals surface area contributed by atoms with Gasteiger partial charge in [0.05, 0.1) is 5.69 Å². The monoisotopic (exact) mass is 301 g/mol. The molecule has 1 fully saturated rings. The van der Waals surface area contributed by atoms with E-state index in [1.165, 1.54) is 23.3 Å². The van der Waals surface area contributed by atoms with Crippen molar-refractivity contribution in [2.75, 3.05) is 11.9 Å². The summed E-state index contributed by atoms with van der Waals surface area (Å²) in [6.45, 7) is 5.25. The van der Waals surface area contributed by atoms with Crippen LogP contribution < -0.4 is 10.2 Å². The van der Waals surface area contributed by atoms with Crippen LogP contribution in [0.25, 0.3) is 11.3 Å². The first kappa shape index (κ1) is 14.5. The average molecular weight is 301 g/mol. The van der Waals surface area contributed by atoms with E-state index >= 15 is 0 Å². The van der Waals surface area contributed by atoms with Crippen LogP contribution in [0.15, 0.2) is 30.3 Å². The van der Waals surface area contributed by atoms with Crippen molar-refractivity contribution in [3.05, 3.63) is 35.2 Å². The number of benzene rings is 1. The highest BCUT2D eigenvalue weighted by Crippen LogP contribution is 2.37. The summed E-state index contributed by atoms with van der Waals surface area (Å²) in [6.07, 6.45) is 2.60. The summed E-state index contributed by atoms with van der Waals surface area (Å²) in [4.78, 5) is 8.60. The van der Waals surface area contributed by atoms with Crippen molar-refractivity contribution >= 4 is 16.5 Å². The Morgan fingerprint density at radius 2 is 2.00 bits per heavy atom. The minimum Gasteiger partial charge on any atom is -0.348 e. The second kappa shape index (κ2) is 6.16. The lowest BCUT2D eigenvalue weighted by atomic mass is 10.1. The molecule has 1 aromatic heterocycles. The number of thiazole rings is 1. The molecule has 0 amide bonds. The van der Waals surface area contributed by atoms with Gasteiger partial charge in [-0.2, -0.15) is 0 Å². The van der Waals surface area contributed by atoms with Crippen LogP contribution in [0.3, 0.4) is 0 Å². The fourth-order valence-electron chi connectivity index (χ4n) is 2.35. The van der Waals surface area contributed by atoms with Crippen LogP contribution in [0, 0.1) is 0 Å². The minimum atomic E-state index is 0.486. The number of nitrogens with zero attached hydrogens (tertiary/aromatic N) is 2. The lowest BCUT2D eigenvalue weighted by molar-refractivity contribution is 0.593. The molecule has 4 heteroatoms. The molecule has 1 N–H and O–H groups in total. The van der Waals surface area contributed by atoms with E-state index in [0.717, 1.165) is 17.4 Å². The molecule has 3 nitrogen and oxygen atoms in total. The summed E-state index contributed by atoms with van der Waals surface area (Å²) in [5.74, 6) is 0. The highest BCUT2D eigenvalue weighted by Gasteiger charge is 2.29. The number of anilines is 1. The first-order valence-electron chi connectivity index (χ1n) is 7.66. The van der Waals surface area contributed by atoms with E-state index in [2.05, 4.69) is 61.4 Å². The Hall–Kier alpha value is -1.39. The van der Waals surface area contributed by atoms with Gasteiger partial charge in [0.1, 0.15) is 0 Å². The third-order valence-corrected chi connectivity index (χ3v) is 4.95. The highest BCUT2D eigenvalue weighted by atomic mass is 32.1. The molecule has 0 bridgehead atoms. The molecule has 2 aromatic rings. The molecular weight excluding hydrogens is 278 g/mol. The summed E-state index contributed by atoms with van der Waals surface area (Å²) in [7, 11) is 2.17. The van der Waals surface area contributed by atoms with Crippen molar-refractivity contribution in [3.8, 4) is 11.3 Å². The lowest BCUT2D eigenvalue weighted by Crippen LogP contribution is -2.21.